The van der Waals surface area contributed by atoms with Crippen LogP contribution in [0.25, 0.3) is 6.08 Å². The van der Waals surface area contributed by atoms with Gasteiger partial charge in [-0.25, -0.2) is 9.79 Å². The molecule has 234 valence electrons. The summed E-state index contributed by atoms with van der Waals surface area (Å²) in [6.07, 6.45) is 3.23. The molecule has 0 bridgehead atoms. The molecule has 0 aliphatic carbocycles. The zero-order chi connectivity index (χ0) is 32.1. The Bertz CT molecular complexity index is 1950. The molecular formula is C34H33BrN2O7S. The summed E-state index contributed by atoms with van der Waals surface area (Å²) in [5.41, 5.74) is 3.48. The van der Waals surface area contributed by atoms with Gasteiger partial charge in [0.05, 0.1) is 48.1 Å². The molecule has 0 saturated heterocycles. The second-order valence-corrected chi connectivity index (χ2v) is 11.9. The van der Waals surface area contributed by atoms with Gasteiger partial charge in [-0.1, -0.05) is 47.2 Å². The normalized spacial score (nSPS) is 14.2. The number of halogens is 1. The third-order valence-electron chi connectivity index (χ3n) is 7.02. The average molecular weight is 694 g/mol. The number of nitrogens with zero attached hydrogens (tertiary/aromatic N) is 2. The van der Waals surface area contributed by atoms with Crippen LogP contribution in [0.3, 0.4) is 0 Å². The van der Waals surface area contributed by atoms with Gasteiger partial charge >= 0.3 is 5.97 Å². The van der Waals surface area contributed by atoms with Crippen molar-refractivity contribution in [3.05, 3.63) is 113 Å². The van der Waals surface area contributed by atoms with Crippen LogP contribution in [0.2, 0.25) is 0 Å². The lowest BCUT2D eigenvalue weighted by molar-refractivity contribution is -0.136. The highest BCUT2D eigenvalue weighted by Crippen LogP contribution is 2.38. The number of carbonyl (C=O) groups excluding carboxylic acids is 1. The molecule has 5 rings (SSSR count). The van der Waals surface area contributed by atoms with Crippen LogP contribution in [-0.4, -0.2) is 38.0 Å². The molecule has 0 N–H and O–H groups in total. The van der Waals surface area contributed by atoms with E-state index in [0.29, 0.717) is 62.2 Å². The molecule has 0 unspecified atom stereocenters. The minimum atomic E-state index is -0.788. The van der Waals surface area contributed by atoms with E-state index >= 15 is 0 Å². The minimum absolute atomic E-state index is 0.225. The predicted molar refractivity (Wildman–Crippen MR) is 176 cm³/mol. The van der Waals surface area contributed by atoms with E-state index in [0.717, 1.165) is 16.7 Å². The minimum Gasteiger partial charge on any atom is -0.493 e. The second kappa shape index (κ2) is 14.2. The van der Waals surface area contributed by atoms with Crippen molar-refractivity contribution in [3.63, 3.8) is 0 Å². The zero-order valence-electron chi connectivity index (χ0n) is 25.6. The number of ether oxygens (including phenoxy) is 5. The van der Waals surface area contributed by atoms with Gasteiger partial charge in [0.15, 0.2) is 27.8 Å². The van der Waals surface area contributed by atoms with E-state index in [1.807, 2.05) is 57.2 Å². The van der Waals surface area contributed by atoms with Crippen molar-refractivity contribution in [3.8, 4) is 23.0 Å². The van der Waals surface area contributed by atoms with Crippen LogP contribution < -0.4 is 33.8 Å². The molecule has 1 aliphatic heterocycles. The second-order valence-electron chi connectivity index (χ2n) is 10.1. The molecule has 0 amide bonds. The van der Waals surface area contributed by atoms with E-state index in [1.54, 1.807) is 25.3 Å². The topological polar surface area (TPSA) is 97.6 Å². The van der Waals surface area contributed by atoms with Crippen LogP contribution >= 0.6 is 27.3 Å². The van der Waals surface area contributed by atoms with Gasteiger partial charge < -0.3 is 23.7 Å². The monoisotopic (exact) mass is 692 g/mol. The van der Waals surface area contributed by atoms with E-state index in [-0.39, 0.29) is 11.1 Å². The number of carbonyl (C=O) groups is 1. The van der Waals surface area contributed by atoms with Crippen molar-refractivity contribution in [2.45, 2.75) is 33.4 Å². The number of hydrogen-bond acceptors (Lipinski definition) is 9. The van der Waals surface area contributed by atoms with Gasteiger partial charge in [-0.2, -0.15) is 0 Å². The molecular weight excluding hydrogens is 660 g/mol. The Balaban J connectivity index is 1.56. The number of methoxy groups -OCH3 is 2. The van der Waals surface area contributed by atoms with Crippen molar-refractivity contribution in [2.24, 2.45) is 4.99 Å². The molecule has 2 heterocycles. The number of hydrogen-bond donors (Lipinski definition) is 0. The van der Waals surface area contributed by atoms with Crippen LogP contribution in [0.1, 0.15) is 42.1 Å². The fourth-order valence-electron chi connectivity index (χ4n) is 5.06. The van der Waals surface area contributed by atoms with Crippen molar-refractivity contribution < 1.29 is 28.5 Å². The summed E-state index contributed by atoms with van der Waals surface area (Å²) in [4.78, 5) is 31.8. The van der Waals surface area contributed by atoms with Crippen LogP contribution in [-0.2, 0) is 16.1 Å². The molecule has 4 aromatic rings. The Morgan fingerprint density at radius 1 is 1.00 bits per heavy atom. The highest BCUT2D eigenvalue weighted by Gasteiger charge is 2.31. The van der Waals surface area contributed by atoms with Crippen LogP contribution in [0.5, 0.6) is 23.0 Å². The molecule has 45 heavy (non-hydrogen) atoms. The third-order valence-corrected chi connectivity index (χ3v) is 8.61. The van der Waals surface area contributed by atoms with Gasteiger partial charge in [-0.3, -0.25) is 9.36 Å². The number of rotatable bonds is 11. The van der Waals surface area contributed by atoms with Crippen molar-refractivity contribution in [1.82, 2.24) is 4.57 Å². The number of aromatic nitrogens is 1. The van der Waals surface area contributed by atoms with Gasteiger partial charge in [0.1, 0.15) is 6.61 Å². The lowest BCUT2D eigenvalue weighted by Crippen LogP contribution is -2.39. The Morgan fingerprint density at radius 2 is 1.78 bits per heavy atom. The number of benzene rings is 3. The van der Waals surface area contributed by atoms with E-state index < -0.39 is 12.0 Å². The lowest BCUT2D eigenvalue weighted by Gasteiger charge is -2.23. The summed E-state index contributed by atoms with van der Waals surface area (Å²) in [5.74, 6) is 1.58. The molecule has 0 radical (unpaired) electrons. The van der Waals surface area contributed by atoms with Gasteiger partial charge in [0.25, 0.3) is 5.56 Å². The predicted octanol–water partition coefficient (Wildman–Crippen LogP) is 5.47. The quantitative estimate of drug-likeness (QED) is 0.192. The first-order valence-electron chi connectivity index (χ1n) is 14.3. The molecule has 11 heteroatoms. The van der Waals surface area contributed by atoms with Crippen LogP contribution in [0, 0.1) is 6.92 Å². The first-order chi connectivity index (χ1) is 21.8. The Hall–Kier alpha value is -4.35. The largest absolute Gasteiger partial charge is 0.493 e. The fraction of sp³-hybridized carbons (Fsp3) is 0.265. The van der Waals surface area contributed by atoms with Crippen molar-refractivity contribution >= 4 is 39.3 Å². The van der Waals surface area contributed by atoms with Crippen LogP contribution in [0.4, 0.5) is 0 Å². The first kappa shape index (κ1) is 32.1. The molecule has 9 nitrogen and oxygen atoms in total. The van der Waals surface area contributed by atoms with Crippen molar-refractivity contribution in [2.75, 3.05) is 27.4 Å². The summed E-state index contributed by atoms with van der Waals surface area (Å²) in [5, 5.41) is 0. The molecule has 1 aromatic heterocycles. The van der Waals surface area contributed by atoms with E-state index in [9.17, 15) is 9.59 Å². The van der Waals surface area contributed by atoms with Gasteiger partial charge in [-0.15, -0.1) is 0 Å². The third kappa shape index (κ3) is 6.84. The maximum atomic E-state index is 14.0. The van der Waals surface area contributed by atoms with E-state index in [2.05, 4.69) is 27.0 Å². The molecule has 1 atom stereocenters. The highest BCUT2D eigenvalue weighted by molar-refractivity contribution is 9.10. The van der Waals surface area contributed by atoms with Crippen molar-refractivity contribution in [1.29, 1.82) is 0 Å². The Labute approximate surface area is 273 Å². The number of fused-ring (bicyclic) bond motifs is 1. The molecule has 0 spiro atoms. The van der Waals surface area contributed by atoms with Gasteiger partial charge in [0, 0.05) is 6.20 Å². The molecule has 1 aliphatic rings. The SMILES string of the molecule is CCOc1ccc([C@@H]2C(C(=O)OC)=CN=c3s/c(=C\c4cc(Br)c(OCc5cccc(C)c5)c(OC)c4)c(=O)n32)cc1OCC. The maximum Gasteiger partial charge on any atom is 0.337 e. The molecule has 3 aromatic carbocycles. The number of thiazole rings is 1. The van der Waals surface area contributed by atoms with Crippen LogP contribution in [0.15, 0.2) is 80.6 Å². The van der Waals surface area contributed by atoms with Gasteiger partial charge in [-0.05, 0) is 83.7 Å². The van der Waals surface area contributed by atoms with E-state index in [1.165, 1.54) is 29.2 Å². The maximum absolute atomic E-state index is 14.0. The summed E-state index contributed by atoms with van der Waals surface area (Å²) in [6, 6.07) is 16.4. The highest BCUT2D eigenvalue weighted by atomic mass is 79.9. The summed E-state index contributed by atoms with van der Waals surface area (Å²) < 4.78 is 31.0. The fourth-order valence-corrected chi connectivity index (χ4v) is 6.60. The smallest absolute Gasteiger partial charge is 0.337 e. The number of aryl methyl sites for hydroxylation is 1. The van der Waals surface area contributed by atoms with E-state index in [4.69, 9.17) is 23.7 Å². The molecule has 0 saturated carbocycles. The summed E-state index contributed by atoms with van der Waals surface area (Å²) in [7, 11) is 2.87. The standard InChI is InChI=1S/C34H33BrN2O7S/c1-6-42-26-12-11-23(17-27(26)43-7-2)30-24(33(39)41-5)18-36-34-37(30)32(38)29(45-34)16-22-14-25(35)31(28(15-22)40-4)44-19-21-10-8-9-20(3)13-21/h8-18,30H,6-7,19H2,1-5H3/b29-16-/t30-/m1/s1. The Kier molecular flexibility index (Phi) is 10.1. The number of esters is 1. The zero-order valence-corrected chi connectivity index (χ0v) is 28.0. The summed E-state index contributed by atoms with van der Waals surface area (Å²) in [6.45, 7) is 7.05. The average Bonchev–Trinajstić information content (AvgIpc) is 3.35. The molecule has 0 fully saturated rings. The van der Waals surface area contributed by atoms with Gasteiger partial charge in [0.2, 0.25) is 0 Å². The Morgan fingerprint density at radius 3 is 2.49 bits per heavy atom. The summed E-state index contributed by atoms with van der Waals surface area (Å²) >= 11 is 4.84. The first-order valence-corrected chi connectivity index (χ1v) is 15.9. The lowest BCUT2D eigenvalue weighted by atomic mass is 9.97.